The number of hydrogen-bond donors (Lipinski definition) is 1. The van der Waals surface area contributed by atoms with E-state index in [4.69, 9.17) is 0 Å². The first kappa shape index (κ1) is 22.6. The lowest BCUT2D eigenvalue weighted by atomic mass is 9.95. The number of nitrogens with one attached hydrogen (secondary N) is 1. The molecule has 3 aromatic rings. The normalized spacial score (nSPS) is 19.9. The van der Waals surface area contributed by atoms with Crippen LogP contribution in [0.15, 0.2) is 59.4 Å². The first-order valence-corrected chi connectivity index (χ1v) is 12.4. The highest BCUT2D eigenvalue weighted by Gasteiger charge is 2.30. The summed E-state index contributed by atoms with van der Waals surface area (Å²) in [5.74, 6) is 0.450. The average Bonchev–Trinajstić information content (AvgIpc) is 2.88. The van der Waals surface area contributed by atoms with Gasteiger partial charge in [-0.05, 0) is 43.4 Å². The van der Waals surface area contributed by atoms with Crippen molar-refractivity contribution in [3.05, 3.63) is 70.5 Å². The highest BCUT2D eigenvalue weighted by molar-refractivity contribution is 5.80. The van der Waals surface area contributed by atoms with E-state index in [-0.39, 0.29) is 23.4 Å². The van der Waals surface area contributed by atoms with Crippen LogP contribution in [0.1, 0.15) is 31.2 Å². The van der Waals surface area contributed by atoms with Crippen molar-refractivity contribution in [2.24, 2.45) is 13.0 Å². The summed E-state index contributed by atoms with van der Waals surface area (Å²) >= 11 is 0. The van der Waals surface area contributed by atoms with Crippen molar-refractivity contribution in [2.75, 3.05) is 31.1 Å². The predicted molar refractivity (Wildman–Crippen MR) is 135 cm³/mol. The van der Waals surface area contributed by atoms with Crippen molar-refractivity contribution < 1.29 is 4.79 Å². The zero-order chi connectivity index (χ0) is 23.5. The Balaban J connectivity index is 1.19. The molecule has 178 valence electrons. The lowest BCUT2D eigenvalue weighted by Gasteiger charge is -2.35. The Morgan fingerprint density at radius 3 is 2.53 bits per heavy atom. The molecule has 2 aliphatic rings. The number of para-hydroxylation sites is 2. The molecule has 1 N–H and O–H groups in total. The van der Waals surface area contributed by atoms with Crippen LogP contribution in [-0.2, 0) is 18.4 Å². The summed E-state index contributed by atoms with van der Waals surface area (Å²) in [7, 11) is 1.79. The van der Waals surface area contributed by atoms with Gasteiger partial charge in [0.2, 0.25) is 5.91 Å². The Morgan fingerprint density at radius 2 is 1.74 bits per heavy atom. The Labute approximate surface area is 200 Å². The molecule has 2 fully saturated rings. The Bertz CT molecular complexity index is 1200. The standard InChI is InChI=1S/C27H33N5O2/c1-30-24-12-6-5-11-23(24)29-25(27(30)34)32-15-7-10-21(19-32)26(33)28-22-13-16-31(17-14-22)18-20-8-3-2-4-9-20/h2-6,8-9,11-12,21-22H,7,10,13-19H2,1H3,(H,28,33)/t21-/m1/s1. The smallest absolute Gasteiger partial charge is 0.293 e. The number of aryl methyl sites for hydroxylation is 1. The number of benzene rings is 2. The van der Waals surface area contributed by atoms with Crippen molar-refractivity contribution in [1.29, 1.82) is 0 Å². The van der Waals surface area contributed by atoms with E-state index in [1.165, 1.54) is 5.56 Å². The molecule has 2 aliphatic heterocycles. The van der Waals surface area contributed by atoms with Crippen LogP contribution in [-0.4, -0.2) is 52.6 Å². The van der Waals surface area contributed by atoms with E-state index < -0.39 is 0 Å². The number of fused-ring (bicyclic) bond motifs is 1. The lowest BCUT2D eigenvalue weighted by molar-refractivity contribution is -0.126. The molecule has 3 heterocycles. The second-order valence-corrected chi connectivity index (χ2v) is 9.62. The minimum Gasteiger partial charge on any atom is -0.353 e. The molecule has 34 heavy (non-hydrogen) atoms. The predicted octanol–water partition coefficient (Wildman–Crippen LogP) is 2.93. The van der Waals surface area contributed by atoms with E-state index in [1.54, 1.807) is 11.6 Å². The molecule has 0 saturated carbocycles. The number of carbonyl (C=O) groups is 1. The number of likely N-dealkylation sites (tertiary alicyclic amines) is 1. The molecule has 2 saturated heterocycles. The van der Waals surface area contributed by atoms with Crippen LogP contribution in [0.25, 0.3) is 11.0 Å². The van der Waals surface area contributed by atoms with Crippen LogP contribution in [0.3, 0.4) is 0 Å². The minimum absolute atomic E-state index is 0.106. The summed E-state index contributed by atoms with van der Waals surface area (Å²) in [6.07, 6.45) is 3.68. The number of rotatable bonds is 5. The molecule has 5 rings (SSSR count). The van der Waals surface area contributed by atoms with Gasteiger partial charge in [0, 0.05) is 45.8 Å². The number of anilines is 1. The van der Waals surface area contributed by atoms with Crippen molar-refractivity contribution >= 4 is 22.8 Å². The summed E-state index contributed by atoms with van der Waals surface area (Å²) in [6.45, 7) is 4.25. The molecular weight excluding hydrogens is 426 g/mol. The number of amides is 1. The maximum absolute atomic E-state index is 13.1. The molecule has 7 nitrogen and oxygen atoms in total. The van der Waals surface area contributed by atoms with Crippen LogP contribution >= 0.6 is 0 Å². The summed E-state index contributed by atoms with van der Waals surface area (Å²) < 4.78 is 1.66. The summed E-state index contributed by atoms with van der Waals surface area (Å²) in [5, 5.41) is 3.30. The maximum Gasteiger partial charge on any atom is 0.293 e. The fourth-order valence-corrected chi connectivity index (χ4v) is 5.25. The van der Waals surface area contributed by atoms with Gasteiger partial charge in [0.05, 0.1) is 17.0 Å². The van der Waals surface area contributed by atoms with E-state index in [1.807, 2.05) is 35.2 Å². The van der Waals surface area contributed by atoms with Gasteiger partial charge in [-0.15, -0.1) is 0 Å². The largest absolute Gasteiger partial charge is 0.353 e. The van der Waals surface area contributed by atoms with E-state index in [9.17, 15) is 9.59 Å². The fourth-order valence-electron chi connectivity index (χ4n) is 5.25. The van der Waals surface area contributed by atoms with Crippen LogP contribution < -0.4 is 15.8 Å². The Morgan fingerprint density at radius 1 is 1.00 bits per heavy atom. The zero-order valence-electron chi connectivity index (χ0n) is 19.8. The molecule has 2 aromatic carbocycles. The van der Waals surface area contributed by atoms with Crippen molar-refractivity contribution in [3.8, 4) is 0 Å². The molecule has 1 aromatic heterocycles. The van der Waals surface area contributed by atoms with E-state index in [2.05, 4.69) is 39.5 Å². The third-order valence-corrected chi connectivity index (χ3v) is 7.24. The Kier molecular flexibility index (Phi) is 6.63. The first-order chi connectivity index (χ1) is 16.6. The van der Waals surface area contributed by atoms with Gasteiger partial charge in [0.15, 0.2) is 5.82 Å². The molecular formula is C27H33N5O2. The van der Waals surface area contributed by atoms with Crippen LogP contribution in [0.4, 0.5) is 5.82 Å². The second-order valence-electron chi connectivity index (χ2n) is 9.62. The van der Waals surface area contributed by atoms with E-state index >= 15 is 0 Å². The van der Waals surface area contributed by atoms with E-state index in [0.29, 0.717) is 12.4 Å². The average molecular weight is 460 g/mol. The molecule has 0 unspecified atom stereocenters. The SMILES string of the molecule is Cn1c(=O)c(N2CCC[C@@H](C(=O)NC3CCN(Cc4ccccc4)CC3)C2)nc2ccccc21. The highest BCUT2D eigenvalue weighted by atomic mass is 16.2. The number of aromatic nitrogens is 2. The second kappa shape index (κ2) is 9.97. The minimum atomic E-state index is -0.117. The van der Waals surface area contributed by atoms with E-state index in [0.717, 1.165) is 62.9 Å². The van der Waals surface area contributed by atoms with Gasteiger partial charge in [-0.25, -0.2) is 4.98 Å². The summed E-state index contributed by atoms with van der Waals surface area (Å²) in [6, 6.07) is 18.4. The summed E-state index contributed by atoms with van der Waals surface area (Å²) in [4.78, 5) is 35.2. The third kappa shape index (κ3) is 4.85. The fraction of sp³-hybridized carbons (Fsp3) is 0.444. The Hall–Kier alpha value is -3.19. The topological polar surface area (TPSA) is 70.5 Å². The van der Waals surface area contributed by atoms with Crippen LogP contribution in [0.2, 0.25) is 0 Å². The molecule has 1 amide bonds. The summed E-state index contributed by atoms with van der Waals surface area (Å²) in [5.41, 5.74) is 2.85. The molecule has 0 aliphatic carbocycles. The van der Waals surface area contributed by atoms with Gasteiger partial charge < -0.3 is 14.8 Å². The van der Waals surface area contributed by atoms with Gasteiger partial charge in [0.1, 0.15) is 0 Å². The highest BCUT2D eigenvalue weighted by Crippen LogP contribution is 2.22. The van der Waals surface area contributed by atoms with Gasteiger partial charge in [0.25, 0.3) is 5.56 Å². The van der Waals surface area contributed by atoms with Crippen molar-refractivity contribution in [1.82, 2.24) is 19.8 Å². The lowest BCUT2D eigenvalue weighted by Crippen LogP contribution is -2.50. The molecule has 0 radical (unpaired) electrons. The maximum atomic E-state index is 13.1. The van der Waals surface area contributed by atoms with Crippen molar-refractivity contribution in [2.45, 2.75) is 38.3 Å². The van der Waals surface area contributed by atoms with Crippen molar-refractivity contribution in [3.63, 3.8) is 0 Å². The van der Waals surface area contributed by atoms with Gasteiger partial charge in [-0.1, -0.05) is 42.5 Å². The van der Waals surface area contributed by atoms with Gasteiger partial charge in [-0.3, -0.25) is 14.5 Å². The molecule has 1 atom stereocenters. The first-order valence-electron chi connectivity index (χ1n) is 12.4. The third-order valence-electron chi connectivity index (χ3n) is 7.24. The number of piperidine rings is 2. The molecule has 0 bridgehead atoms. The molecule has 0 spiro atoms. The monoisotopic (exact) mass is 459 g/mol. The number of carbonyl (C=O) groups excluding carboxylic acids is 1. The van der Waals surface area contributed by atoms with Crippen LogP contribution in [0.5, 0.6) is 0 Å². The number of nitrogens with zero attached hydrogens (tertiary/aromatic N) is 4. The van der Waals surface area contributed by atoms with Gasteiger partial charge in [-0.2, -0.15) is 0 Å². The molecule has 7 heteroatoms. The van der Waals surface area contributed by atoms with Gasteiger partial charge >= 0.3 is 0 Å². The van der Waals surface area contributed by atoms with Crippen LogP contribution in [0, 0.1) is 5.92 Å². The zero-order valence-corrected chi connectivity index (χ0v) is 19.8. The number of hydrogen-bond acceptors (Lipinski definition) is 5. The quantitative estimate of drug-likeness (QED) is 0.635.